The lowest BCUT2D eigenvalue weighted by atomic mass is 10.1. The standard InChI is InChI=1S/C20H23NO3S/c1-16-6-2-3-7-19(16)15-25(23,24)14-17-8-10-18(11-9-17)20(22)21-12-4-5-13-21/h2-3,6-11H,4-5,12-15H2,1H3. The van der Waals surface area contributed by atoms with Crippen LogP contribution in [0.1, 0.15) is 39.9 Å². The van der Waals surface area contributed by atoms with Gasteiger partial charge in [0.25, 0.3) is 5.91 Å². The third-order valence-electron chi connectivity index (χ3n) is 4.62. The molecule has 1 aliphatic heterocycles. The number of rotatable bonds is 5. The third kappa shape index (κ3) is 4.48. The zero-order valence-corrected chi connectivity index (χ0v) is 15.3. The maximum atomic E-state index is 12.5. The molecule has 1 heterocycles. The summed E-state index contributed by atoms with van der Waals surface area (Å²) in [6.45, 7) is 3.54. The number of carbonyl (C=O) groups excluding carboxylic acids is 1. The fraction of sp³-hybridized carbons (Fsp3) is 0.350. The van der Waals surface area contributed by atoms with Gasteiger partial charge < -0.3 is 4.90 Å². The minimum Gasteiger partial charge on any atom is -0.339 e. The van der Waals surface area contributed by atoms with Crippen molar-refractivity contribution in [3.05, 3.63) is 70.8 Å². The summed E-state index contributed by atoms with van der Waals surface area (Å²) in [4.78, 5) is 14.2. The van der Waals surface area contributed by atoms with Crippen molar-refractivity contribution in [2.45, 2.75) is 31.3 Å². The number of amides is 1. The molecule has 0 saturated carbocycles. The molecule has 5 heteroatoms. The van der Waals surface area contributed by atoms with Gasteiger partial charge >= 0.3 is 0 Å². The second kappa shape index (κ2) is 7.40. The zero-order chi connectivity index (χ0) is 17.9. The molecule has 2 aromatic rings. The zero-order valence-electron chi connectivity index (χ0n) is 14.4. The van der Waals surface area contributed by atoms with E-state index >= 15 is 0 Å². The Balaban J connectivity index is 1.68. The molecule has 1 aliphatic rings. The quantitative estimate of drug-likeness (QED) is 0.825. The van der Waals surface area contributed by atoms with Gasteiger partial charge in [-0.05, 0) is 48.6 Å². The average Bonchev–Trinajstić information content (AvgIpc) is 3.11. The van der Waals surface area contributed by atoms with Crippen molar-refractivity contribution in [2.24, 2.45) is 0 Å². The van der Waals surface area contributed by atoms with Crippen molar-refractivity contribution < 1.29 is 13.2 Å². The van der Waals surface area contributed by atoms with E-state index in [1.54, 1.807) is 24.3 Å². The predicted octanol–water partition coefficient (Wildman–Crippen LogP) is 3.35. The fourth-order valence-electron chi connectivity index (χ4n) is 3.16. The highest BCUT2D eigenvalue weighted by molar-refractivity contribution is 7.89. The van der Waals surface area contributed by atoms with E-state index in [0.717, 1.165) is 37.1 Å². The molecule has 132 valence electrons. The second-order valence-electron chi connectivity index (χ2n) is 6.65. The number of hydrogen-bond donors (Lipinski definition) is 0. The Bertz CT molecular complexity index is 851. The van der Waals surface area contributed by atoms with Gasteiger partial charge in [0.15, 0.2) is 9.84 Å². The van der Waals surface area contributed by atoms with E-state index in [-0.39, 0.29) is 17.4 Å². The Morgan fingerprint density at radius 2 is 1.60 bits per heavy atom. The summed E-state index contributed by atoms with van der Waals surface area (Å²) in [5.74, 6) is 0.0556. The van der Waals surface area contributed by atoms with Crippen molar-refractivity contribution in [2.75, 3.05) is 13.1 Å². The number of nitrogens with zero attached hydrogens (tertiary/aromatic N) is 1. The van der Waals surface area contributed by atoms with E-state index in [1.807, 2.05) is 36.1 Å². The molecule has 3 rings (SSSR count). The largest absolute Gasteiger partial charge is 0.339 e. The van der Waals surface area contributed by atoms with Gasteiger partial charge in [0, 0.05) is 18.7 Å². The lowest BCUT2D eigenvalue weighted by molar-refractivity contribution is 0.0793. The Labute approximate surface area is 149 Å². The van der Waals surface area contributed by atoms with E-state index in [1.165, 1.54) is 0 Å². The summed E-state index contributed by atoms with van der Waals surface area (Å²) in [6.07, 6.45) is 2.11. The van der Waals surface area contributed by atoms with Crippen LogP contribution in [0.4, 0.5) is 0 Å². The van der Waals surface area contributed by atoms with Crippen LogP contribution in [-0.2, 0) is 21.3 Å². The Morgan fingerprint density at radius 1 is 0.960 bits per heavy atom. The molecule has 0 bridgehead atoms. The lowest BCUT2D eigenvalue weighted by Crippen LogP contribution is -2.27. The van der Waals surface area contributed by atoms with Gasteiger partial charge in [-0.3, -0.25) is 4.79 Å². The molecule has 0 unspecified atom stereocenters. The first kappa shape index (κ1) is 17.7. The van der Waals surface area contributed by atoms with Crippen molar-refractivity contribution >= 4 is 15.7 Å². The predicted molar refractivity (Wildman–Crippen MR) is 99.1 cm³/mol. The van der Waals surface area contributed by atoms with Crippen LogP contribution in [0.5, 0.6) is 0 Å². The molecule has 0 aromatic heterocycles. The third-order valence-corrected chi connectivity index (χ3v) is 6.14. The number of hydrogen-bond acceptors (Lipinski definition) is 3. The van der Waals surface area contributed by atoms with E-state index in [4.69, 9.17) is 0 Å². The molecule has 1 fully saturated rings. The summed E-state index contributed by atoms with van der Waals surface area (Å²) >= 11 is 0. The second-order valence-corrected chi connectivity index (χ2v) is 8.72. The minimum absolute atomic E-state index is 0.0144. The first-order valence-corrected chi connectivity index (χ1v) is 10.4. The molecule has 0 aliphatic carbocycles. The van der Waals surface area contributed by atoms with Crippen molar-refractivity contribution in [1.82, 2.24) is 4.90 Å². The molecule has 1 saturated heterocycles. The SMILES string of the molecule is Cc1ccccc1CS(=O)(=O)Cc1ccc(C(=O)N2CCCC2)cc1. The van der Waals surface area contributed by atoms with Crippen molar-refractivity contribution in [1.29, 1.82) is 0 Å². The number of sulfone groups is 1. The van der Waals surface area contributed by atoms with Crippen molar-refractivity contribution in [3.8, 4) is 0 Å². The molecule has 4 nitrogen and oxygen atoms in total. The fourth-order valence-corrected chi connectivity index (χ4v) is 4.76. The first-order chi connectivity index (χ1) is 11.9. The van der Waals surface area contributed by atoms with Crippen LogP contribution in [0.2, 0.25) is 0 Å². The number of benzene rings is 2. The van der Waals surface area contributed by atoms with E-state index in [9.17, 15) is 13.2 Å². The van der Waals surface area contributed by atoms with Crippen LogP contribution < -0.4 is 0 Å². The van der Waals surface area contributed by atoms with Gasteiger partial charge in [0.1, 0.15) is 0 Å². The van der Waals surface area contributed by atoms with Gasteiger partial charge in [-0.2, -0.15) is 0 Å². The number of carbonyl (C=O) groups is 1. The van der Waals surface area contributed by atoms with Crippen LogP contribution >= 0.6 is 0 Å². The van der Waals surface area contributed by atoms with Gasteiger partial charge in [0.05, 0.1) is 11.5 Å². The van der Waals surface area contributed by atoms with Gasteiger partial charge in [-0.15, -0.1) is 0 Å². The summed E-state index contributed by atoms with van der Waals surface area (Å²) in [5, 5.41) is 0. The normalized spacial score (nSPS) is 14.7. The summed E-state index contributed by atoms with van der Waals surface area (Å²) in [6, 6.07) is 14.5. The number of aryl methyl sites for hydroxylation is 1. The molecule has 0 atom stereocenters. The summed E-state index contributed by atoms with van der Waals surface area (Å²) in [7, 11) is -3.25. The highest BCUT2D eigenvalue weighted by atomic mass is 32.2. The van der Waals surface area contributed by atoms with E-state index < -0.39 is 9.84 Å². The van der Waals surface area contributed by atoms with Gasteiger partial charge in [-0.1, -0.05) is 36.4 Å². The van der Waals surface area contributed by atoms with Crippen LogP contribution in [0.15, 0.2) is 48.5 Å². The molecular weight excluding hydrogens is 334 g/mol. The Hall–Kier alpha value is -2.14. The molecule has 0 radical (unpaired) electrons. The molecule has 1 amide bonds. The highest BCUT2D eigenvalue weighted by Gasteiger charge is 2.20. The molecule has 25 heavy (non-hydrogen) atoms. The topological polar surface area (TPSA) is 54.5 Å². The Kier molecular flexibility index (Phi) is 5.23. The van der Waals surface area contributed by atoms with Gasteiger partial charge in [0.2, 0.25) is 0 Å². The molecular formula is C20H23NO3S. The minimum atomic E-state index is -3.25. The van der Waals surface area contributed by atoms with Gasteiger partial charge in [-0.25, -0.2) is 8.42 Å². The average molecular weight is 357 g/mol. The smallest absolute Gasteiger partial charge is 0.253 e. The van der Waals surface area contributed by atoms with Crippen LogP contribution in [0.3, 0.4) is 0 Å². The van der Waals surface area contributed by atoms with E-state index in [0.29, 0.717) is 11.1 Å². The maximum absolute atomic E-state index is 12.5. The highest BCUT2D eigenvalue weighted by Crippen LogP contribution is 2.17. The lowest BCUT2D eigenvalue weighted by Gasteiger charge is -2.15. The van der Waals surface area contributed by atoms with Crippen LogP contribution in [0, 0.1) is 6.92 Å². The summed E-state index contributed by atoms with van der Waals surface area (Å²) in [5.41, 5.74) is 3.16. The maximum Gasteiger partial charge on any atom is 0.253 e. The number of likely N-dealkylation sites (tertiary alicyclic amines) is 1. The van der Waals surface area contributed by atoms with Crippen molar-refractivity contribution in [3.63, 3.8) is 0 Å². The Morgan fingerprint density at radius 3 is 2.24 bits per heavy atom. The molecule has 0 N–H and O–H groups in total. The van der Waals surface area contributed by atoms with Crippen LogP contribution in [0.25, 0.3) is 0 Å². The monoisotopic (exact) mass is 357 g/mol. The molecule has 2 aromatic carbocycles. The first-order valence-electron chi connectivity index (χ1n) is 8.58. The van der Waals surface area contributed by atoms with E-state index in [2.05, 4.69) is 0 Å². The molecule has 0 spiro atoms. The van der Waals surface area contributed by atoms with Crippen LogP contribution in [-0.4, -0.2) is 32.3 Å². The summed E-state index contributed by atoms with van der Waals surface area (Å²) < 4.78 is 24.9.